The molecule has 1 aliphatic heterocycles. The van der Waals surface area contributed by atoms with E-state index in [-0.39, 0.29) is 5.60 Å². The van der Waals surface area contributed by atoms with Crippen molar-refractivity contribution < 1.29 is 9.47 Å². The van der Waals surface area contributed by atoms with Gasteiger partial charge in [0.05, 0.1) is 18.8 Å². The molecule has 0 bridgehead atoms. The van der Waals surface area contributed by atoms with E-state index in [2.05, 4.69) is 13.8 Å². The van der Waals surface area contributed by atoms with Gasteiger partial charge in [0, 0.05) is 19.1 Å². The van der Waals surface area contributed by atoms with Gasteiger partial charge in [-0.1, -0.05) is 13.8 Å². The minimum atomic E-state index is -0.0337. The summed E-state index contributed by atoms with van der Waals surface area (Å²) in [5, 5.41) is 0. The Morgan fingerprint density at radius 2 is 2.00 bits per heavy atom. The summed E-state index contributed by atoms with van der Waals surface area (Å²) in [6.07, 6.45) is 5.97. The topological polar surface area (TPSA) is 44.5 Å². The number of hydrogen-bond donors (Lipinski definition) is 1. The van der Waals surface area contributed by atoms with E-state index in [1.54, 1.807) is 0 Å². The van der Waals surface area contributed by atoms with Gasteiger partial charge < -0.3 is 15.2 Å². The Bertz CT molecular complexity index is 241. The SMILES string of the molecule is CC(C)C1CCC(CN)(OCC2CCOC2)CC1. The molecule has 3 nitrogen and oxygen atoms in total. The zero-order valence-corrected chi connectivity index (χ0v) is 12.0. The summed E-state index contributed by atoms with van der Waals surface area (Å²) in [6, 6.07) is 0. The molecular weight excluding hydrogens is 226 g/mol. The van der Waals surface area contributed by atoms with Crippen molar-refractivity contribution in [3.05, 3.63) is 0 Å². The van der Waals surface area contributed by atoms with Crippen LogP contribution in [0, 0.1) is 17.8 Å². The van der Waals surface area contributed by atoms with Crippen molar-refractivity contribution in [3.8, 4) is 0 Å². The number of hydrogen-bond acceptors (Lipinski definition) is 3. The molecule has 106 valence electrons. The lowest BCUT2D eigenvalue weighted by molar-refractivity contribution is -0.0869. The average Bonchev–Trinajstić information content (AvgIpc) is 2.90. The van der Waals surface area contributed by atoms with Crippen LogP contribution in [0.2, 0.25) is 0 Å². The Hall–Kier alpha value is -0.120. The van der Waals surface area contributed by atoms with E-state index in [4.69, 9.17) is 15.2 Å². The molecule has 1 aliphatic carbocycles. The number of ether oxygens (including phenoxy) is 2. The van der Waals surface area contributed by atoms with Gasteiger partial charge in [0.25, 0.3) is 0 Å². The Kier molecular flexibility index (Phi) is 5.05. The van der Waals surface area contributed by atoms with Crippen LogP contribution in [0.1, 0.15) is 46.0 Å². The standard InChI is InChI=1S/C15H29NO2/c1-12(2)14-3-6-15(11-16,7-4-14)18-10-13-5-8-17-9-13/h12-14H,3-11,16H2,1-2H3. The van der Waals surface area contributed by atoms with Gasteiger partial charge in [-0.15, -0.1) is 0 Å². The minimum absolute atomic E-state index is 0.0337. The molecule has 0 amide bonds. The largest absolute Gasteiger partial charge is 0.381 e. The maximum Gasteiger partial charge on any atom is 0.0804 e. The molecule has 1 atom stereocenters. The van der Waals surface area contributed by atoms with Crippen LogP contribution in [0.3, 0.4) is 0 Å². The lowest BCUT2D eigenvalue weighted by Gasteiger charge is -2.41. The van der Waals surface area contributed by atoms with Crippen molar-refractivity contribution in [3.63, 3.8) is 0 Å². The van der Waals surface area contributed by atoms with E-state index in [1.807, 2.05) is 0 Å². The molecule has 1 unspecified atom stereocenters. The summed E-state index contributed by atoms with van der Waals surface area (Å²) in [6.45, 7) is 7.94. The van der Waals surface area contributed by atoms with Crippen molar-refractivity contribution in [2.45, 2.75) is 51.6 Å². The van der Waals surface area contributed by atoms with Crippen LogP contribution in [0.15, 0.2) is 0 Å². The van der Waals surface area contributed by atoms with Crippen LogP contribution in [0.5, 0.6) is 0 Å². The average molecular weight is 255 g/mol. The third-order valence-corrected chi connectivity index (χ3v) is 4.91. The van der Waals surface area contributed by atoms with Gasteiger partial charge in [0.15, 0.2) is 0 Å². The van der Waals surface area contributed by atoms with Crippen molar-refractivity contribution in [2.24, 2.45) is 23.5 Å². The molecule has 0 aromatic rings. The molecular formula is C15H29NO2. The molecule has 0 spiro atoms. The lowest BCUT2D eigenvalue weighted by Crippen LogP contribution is -2.45. The fourth-order valence-corrected chi connectivity index (χ4v) is 3.25. The fraction of sp³-hybridized carbons (Fsp3) is 1.00. The molecule has 2 aliphatic rings. The van der Waals surface area contributed by atoms with E-state index < -0.39 is 0 Å². The first-order valence-electron chi connectivity index (χ1n) is 7.57. The maximum atomic E-state index is 6.23. The first-order valence-corrected chi connectivity index (χ1v) is 7.57. The first kappa shape index (κ1) is 14.3. The van der Waals surface area contributed by atoms with Gasteiger partial charge in [-0.3, -0.25) is 0 Å². The zero-order chi connectivity index (χ0) is 13.0. The van der Waals surface area contributed by atoms with Crippen molar-refractivity contribution >= 4 is 0 Å². The molecule has 2 N–H and O–H groups in total. The predicted octanol–water partition coefficient (Wildman–Crippen LogP) is 2.58. The number of nitrogens with two attached hydrogens (primary N) is 1. The van der Waals surface area contributed by atoms with E-state index in [9.17, 15) is 0 Å². The van der Waals surface area contributed by atoms with Crippen LogP contribution in [-0.2, 0) is 9.47 Å². The van der Waals surface area contributed by atoms with Crippen molar-refractivity contribution in [2.75, 3.05) is 26.4 Å². The van der Waals surface area contributed by atoms with E-state index >= 15 is 0 Å². The van der Waals surface area contributed by atoms with Gasteiger partial charge >= 0.3 is 0 Å². The molecule has 3 heteroatoms. The predicted molar refractivity (Wildman–Crippen MR) is 73.5 cm³/mol. The molecule has 2 fully saturated rings. The van der Waals surface area contributed by atoms with Crippen LogP contribution in [-0.4, -0.2) is 32.0 Å². The maximum absolute atomic E-state index is 6.23. The van der Waals surface area contributed by atoms with Gasteiger partial charge in [0.2, 0.25) is 0 Å². The molecule has 2 rings (SSSR count). The van der Waals surface area contributed by atoms with Crippen molar-refractivity contribution in [1.82, 2.24) is 0 Å². The second-order valence-electron chi connectivity index (χ2n) is 6.51. The third kappa shape index (κ3) is 3.46. The molecule has 1 heterocycles. The minimum Gasteiger partial charge on any atom is -0.381 e. The second-order valence-corrected chi connectivity index (χ2v) is 6.51. The Balaban J connectivity index is 1.80. The highest BCUT2D eigenvalue weighted by Crippen LogP contribution is 2.38. The highest BCUT2D eigenvalue weighted by atomic mass is 16.5. The van der Waals surface area contributed by atoms with Crippen molar-refractivity contribution in [1.29, 1.82) is 0 Å². The monoisotopic (exact) mass is 255 g/mol. The Morgan fingerprint density at radius 1 is 1.28 bits per heavy atom. The smallest absolute Gasteiger partial charge is 0.0804 e. The van der Waals surface area contributed by atoms with Gasteiger partial charge in [-0.05, 0) is 43.9 Å². The van der Waals surface area contributed by atoms with Crippen LogP contribution in [0.4, 0.5) is 0 Å². The fourth-order valence-electron chi connectivity index (χ4n) is 3.25. The molecule has 0 radical (unpaired) electrons. The lowest BCUT2D eigenvalue weighted by atomic mass is 9.74. The summed E-state index contributed by atoms with van der Waals surface area (Å²) in [5.74, 6) is 2.25. The molecule has 0 aromatic heterocycles. The van der Waals surface area contributed by atoms with Gasteiger partial charge in [-0.2, -0.15) is 0 Å². The number of rotatable bonds is 5. The summed E-state index contributed by atoms with van der Waals surface area (Å²) < 4.78 is 11.6. The van der Waals surface area contributed by atoms with Gasteiger partial charge in [-0.25, -0.2) is 0 Å². The van der Waals surface area contributed by atoms with E-state index in [0.717, 1.165) is 50.9 Å². The first-order chi connectivity index (χ1) is 8.65. The Labute approximate surface area is 111 Å². The van der Waals surface area contributed by atoms with E-state index in [0.29, 0.717) is 12.5 Å². The molecule has 0 aromatic carbocycles. The van der Waals surface area contributed by atoms with Crippen LogP contribution < -0.4 is 5.73 Å². The summed E-state index contributed by atoms with van der Waals surface area (Å²) in [4.78, 5) is 0. The molecule has 18 heavy (non-hydrogen) atoms. The van der Waals surface area contributed by atoms with Crippen LogP contribution in [0.25, 0.3) is 0 Å². The third-order valence-electron chi connectivity index (χ3n) is 4.91. The Morgan fingerprint density at radius 3 is 2.50 bits per heavy atom. The molecule has 1 saturated heterocycles. The highest BCUT2D eigenvalue weighted by Gasteiger charge is 2.36. The van der Waals surface area contributed by atoms with E-state index in [1.165, 1.54) is 12.8 Å². The summed E-state index contributed by atoms with van der Waals surface area (Å²) >= 11 is 0. The normalized spacial score (nSPS) is 37.3. The second kappa shape index (κ2) is 6.36. The highest BCUT2D eigenvalue weighted by molar-refractivity contribution is 4.89. The zero-order valence-electron chi connectivity index (χ0n) is 12.0. The van der Waals surface area contributed by atoms with Crippen LogP contribution >= 0.6 is 0 Å². The quantitative estimate of drug-likeness (QED) is 0.821. The van der Waals surface area contributed by atoms with Gasteiger partial charge in [0.1, 0.15) is 0 Å². The molecule has 1 saturated carbocycles. The summed E-state index contributed by atoms with van der Waals surface area (Å²) in [7, 11) is 0. The summed E-state index contributed by atoms with van der Waals surface area (Å²) in [5.41, 5.74) is 5.95.